The van der Waals surface area contributed by atoms with Crippen LogP contribution in [0.5, 0.6) is 0 Å². The number of carbonyl (C=O) groups is 1. The van der Waals surface area contributed by atoms with Gasteiger partial charge >= 0.3 is 6.09 Å². The molecule has 5 heteroatoms. The van der Waals surface area contributed by atoms with Gasteiger partial charge in [0.1, 0.15) is 6.61 Å². The molecule has 1 aromatic heterocycles. The van der Waals surface area contributed by atoms with Crippen LogP contribution in [0.4, 0.5) is 4.79 Å². The van der Waals surface area contributed by atoms with Crippen molar-refractivity contribution in [1.82, 2.24) is 15.1 Å². The van der Waals surface area contributed by atoms with Gasteiger partial charge in [-0.1, -0.05) is 45.2 Å². The van der Waals surface area contributed by atoms with Gasteiger partial charge in [0.05, 0.1) is 5.69 Å². The zero-order chi connectivity index (χ0) is 17.7. The molecule has 0 fully saturated rings. The Kier molecular flexibility index (Phi) is 11.0. The molecule has 0 atom stereocenters. The molecular weight excluding hydrogens is 290 g/mol. The van der Waals surface area contributed by atoms with Crippen molar-refractivity contribution in [2.45, 2.75) is 40.7 Å². The van der Waals surface area contributed by atoms with E-state index in [1.165, 1.54) is 0 Å². The van der Waals surface area contributed by atoms with E-state index < -0.39 is 6.09 Å². The number of alkyl carbamates (subject to hydrolysis) is 1. The quantitative estimate of drug-likeness (QED) is 0.741. The summed E-state index contributed by atoms with van der Waals surface area (Å²) < 4.78 is 7.02. The smallest absolute Gasteiger partial charge is 0.407 e. The number of rotatable bonds is 8. The average molecular weight is 319 g/mol. The van der Waals surface area contributed by atoms with E-state index >= 15 is 0 Å². The third-order valence-corrected chi connectivity index (χ3v) is 2.90. The zero-order valence-electron chi connectivity index (χ0n) is 14.8. The maximum absolute atomic E-state index is 11.6. The van der Waals surface area contributed by atoms with Crippen LogP contribution in [0, 0.1) is 6.92 Å². The Hall–Kier alpha value is -2.30. The number of carbonyl (C=O) groups excluding carboxylic acids is 1. The molecule has 0 radical (unpaired) electrons. The van der Waals surface area contributed by atoms with Crippen molar-refractivity contribution < 1.29 is 9.53 Å². The summed E-state index contributed by atoms with van der Waals surface area (Å²) in [6.07, 6.45) is 5.30. The van der Waals surface area contributed by atoms with Crippen molar-refractivity contribution in [3.05, 3.63) is 54.4 Å². The first-order chi connectivity index (χ1) is 11.1. The molecule has 0 bridgehead atoms. The Morgan fingerprint density at radius 3 is 2.70 bits per heavy atom. The molecule has 1 aromatic rings. The SMILES string of the molecule is C=C/C=C(\C=C)COC(=O)NCCc1cc(C)nn1CC.CC. The second-order valence-corrected chi connectivity index (χ2v) is 4.53. The van der Waals surface area contributed by atoms with Gasteiger partial charge in [-0.2, -0.15) is 5.10 Å². The van der Waals surface area contributed by atoms with Crippen molar-refractivity contribution >= 4 is 6.09 Å². The van der Waals surface area contributed by atoms with Crippen LogP contribution in [-0.2, 0) is 17.7 Å². The molecular formula is C18H29N3O2. The minimum absolute atomic E-state index is 0.188. The highest BCUT2D eigenvalue weighted by Crippen LogP contribution is 2.04. The molecule has 5 nitrogen and oxygen atoms in total. The number of nitrogens with one attached hydrogen (secondary N) is 1. The van der Waals surface area contributed by atoms with Crippen LogP contribution >= 0.6 is 0 Å². The number of hydrogen-bond acceptors (Lipinski definition) is 3. The molecule has 128 valence electrons. The van der Waals surface area contributed by atoms with Gasteiger partial charge in [-0.25, -0.2) is 4.79 Å². The van der Waals surface area contributed by atoms with E-state index in [-0.39, 0.29) is 6.61 Å². The first-order valence-electron chi connectivity index (χ1n) is 7.98. The summed E-state index contributed by atoms with van der Waals surface area (Å²) in [4.78, 5) is 11.6. The minimum atomic E-state index is -0.439. The first kappa shape index (κ1) is 20.7. The van der Waals surface area contributed by atoms with Crippen molar-refractivity contribution in [1.29, 1.82) is 0 Å². The number of hydrogen-bond donors (Lipinski definition) is 1. The monoisotopic (exact) mass is 319 g/mol. The topological polar surface area (TPSA) is 56.1 Å². The van der Waals surface area contributed by atoms with Crippen LogP contribution in [0.3, 0.4) is 0 Å². The fourth-order valence-electron chi connectivity index (χ4n) is 1.89. The highest BCUT2D eigenvalue weighted by atomic mass is 16.5. The molecule has 0 aliphatic heterocycles. The molecule has 0 aliphatic rings. The zero-order valence-corrected chi connectivity index (χ0v) is 14.8. The van der Waals surface area contributed by atoms with Gasteiger partial charge < -0.3 is 10.1 Å². The lowest BCUT2D eigenvalue weighted by atomic mass is 10.2. The predicted octanol–water partition coefficient (Wildman–Crippen LogP) is 3.80. The second kappa shape index (κ2) is 12.3. The van der Waals surface area contributed by atoms with E-state index in [0.29, 0.717) is 6.54 Å². The van der Waals surface area contributed by atoms with E-state index in [1.54, 1.807) is 18.2 Å². The second-order valence-electron chi connectivity index (χ2n) is 4.53. The maximum Gasteiger partial charge on any atom is 0.407 e. The lowest BCUT2D eigenvalue weighted by molar-refractivity contribution is 0.156. The first-order valence-corrected chi connectivity index (χ1v) is 7.98. The van der Waals surface area contributed by atoms with Crippen LogP contribution < -0.4 is 5.32 Å². The Morgan fingerprint density at radius 1 is 1.43 bits per heavy atom. The molecule has 0 saturated carbocycles. The summed E-state index contributed by atoms with van der Waals surface area (Å²) in [5.74, 6) is 0. The van der Waals surface area contributed by atoms with Crippen LogP contribution in [-0.4, -0.2) is 29.0 Å². The van der Waals surface area contributed by atoms with Crippen molar-refractivity contribution in [2.24, 2.45) is 0 Å². The van der Waals surface area contributed by atoms with Crippen molar-refractivity contribution in [2.75, 3.05) is 13.2 Å². The lowest BCUT2D eigenvalue weighted by Gasteiger charge is -2.08. The van der Waals surface area contributed by atoms with E-state index in [2.05, 4.69) is 23.6 Å². The van der Waals surface area contributed by atoms with E-state index in [4.69, 9.17) is 4.74 Å². The fraction of sp³-hybridized carbons (Fsp3) is 0.444. The molecule has 1 amide bonds. The van der Waals surface area contributed by atoms with Crippen molar-refractivity contribution in [3.63, 3.8) is 0 Å². The number of nitrogens with zero attached hydrogens (tertiary/aromatic N) is 2. The van der Waals surface area contributed by atoms with Crippen LogP contribution in [0.2, 0.25) is 0 Å². The molecule has 0 saturated heterocycles. The van der Waals surface area contributed by atoms with Gasteiger partial charge in [-0.05, 0) is 25.5 Å². The molecule has 0 unspecified atom stereocenters. The summed E-state index contributed by atoms with van der Waals surface area (Å²) in [7, 11) is 0. The molecule has 1 N–H and O–H groups in total. The molecule has 23 heavy (non-hydrogen) atoms. The number of amides is 1. The number of aromatic nitrogens is 2. The summed E-state index contributed by atoms with van der Waals surface area (Å²) in [5.41, 5.74) is 2.90. The predicted molar refractivity (Wildman–Crippen MR) is 95.5 cm³/mol. The standard InChI is InChI=1S/C16H23N3O2.C2H6/c1-5-8-14(6-2)12-21-16(20)17-10-9-15-11-13(4)18-19(15)7-3;1-2/h5-6,8,11H,1-2,7,9-10,12H2,3-4H3,(H,17,20);1-2H3/b14-8+;. The van der Waals surface area contributed by atoms with Gasteiger partial charge in [-0.3, -0.25) is 4.68 Å². The third kappa shape index (κ3) is 8.04. The van der Waals surface area contributed by atoms with Crippen LogP contribution in [0.25, 0.3) is 0 Å². The normalized spacial score (nSPS) is 10.3. The summed E-state index contributed by atoms with van der Waals surface area (Å²) in [5, 5.41) is 7.09. The number of allylic oxidation sites excluding steroid dienone is 2. The van der Waals surface area contributed by atoms with Gasteiger partial charge in [0.2, 0.25) is 0 Å². The maximum atomic E-state index is 11.6. The molecule has 1 rings (SSSR count). The molecule has 1 heterocycles. The minimum Gasteiger partial charge on any atom is -0.445 e. The highest BCUT2D eigenvalue weighted by Gasteiger charge is 2.06. The van der Waals surface area contributed by atoms with Gasteiger partial charge in [0, 0.05) is 25.2 Å². The highest BCUT2D eigenvalue weighted by molar-refractivity contribution is 5.67. The van der Waals surface area contributed by atoms with Crippen molar-refractivity contribution in [3.8, 4) is 0 Å². The number of ether oxygens (including phenoxy) is 1. The lowest BCUT2D eigenvalue weighted by Crippen LogP contribution is -2.27. The molecule has 0 aromatic carbocycles. The fourth-order valence-corrected chi connectivity index (χ4v) is 1.89. The van der Waals surface area contributed by atoms with E-state index in [9.17, 15) is 4.79 Å². The van der Waals surface area contributed by atoms with E-state index in [1.807, 2.05) is 38.4 Å². The third-order valence-electron chi connectivity index (χ3n) is 2.90. The summed E-state index contributed by atoms with van der Waals surface area (Å²) >= 11 is 0. The van der Waals surface area contributed by atoms with E-state index in [0.717, 1.165) is 29.9 Å². The van der Waals surface area contributed by atoms with Crippen LogP contribution in [0.15, 0.2) is 43.0 Å². The summed E-state index contributed by atoms with van der Waals surface area (Å²) in [6, 6.07) is 2.03. The van der Waals surface area contributed by atoms with Gasteiger partial charge in [0.15, 0.2) is 0 Å². The average Bonchev–Trinajstić information content (AvgIpc) is 2.93. The Balaban J connectivity index is 0.00000232. The molecule has 0 aliphatic carbocycles. The molecule has 0 spiro atoms. The number of aryl methyl sites for hydroxylation is 2. The Morgan fingerprint density at radius 2 is 2.13 bits per heavy atom. The summed E-state index contributed by atoms with van der Waals surface area (Å²) in [6.45, 7) is 16.8. The Bertz CT molecular complexity index is 530. The van der Waals surface area contributed by atoms with Gasteiger partial charge in [0.25, 0.3) is 0 Å². The Labute approximate surface area is 139 Å². The van der Waals surface area contributed by atoms with Crippen LogP contribution in [0.1, 0.15) is 32.2 Å². The largest absolute Gasteiger partial charge is 0.445 e. The van der Waals surface area contributed by atoms with Gasteiger partial charge in [-0.15, -0.1) is 0 Å².